The molecule has 8 heteroatoms. The van der Waals surface area contributed by atoms with E-state index in [4.69, 9.17) is 0 Å². The molecule has 0 spiro atoms. The molecule has 1 aliphatic heterocycles. The quantitative estimate of drug-likeness (QED) is 0.893. The Morgan fingerprint density at radius 3 is 2.65 bits per heavy atom. The number of likely N-dealkylation sites (N-methyl/N-ethyl adjacent to an activating group) is 1. The second-order valence-corrected chi connectivity index (χ2v) is 5.10. The van der Waals surface area contributed by atoms with Crippen LogP contribution in [0, 0.1) is 0 Å². The van der Waals surface area contributed by atoms with E-state index in [1.165, 1.54) is 4.57 Å². The Kier molecular flexibility index (Phi) is 4.64. The van der Waals surface area contributed by atoms with Crippen LogP contribution in [0.25, 0.3) is 0 Å². The lowest BCUT2D eigenvalue weighted by molar-refractivity contribution is -0.148. The van der Waals surface area contributed by atoms with Crippen LogP contribution in [0.3, 0.4) is 0 Å². The van der Waals surface area contributed by atoms with Gasteiger partial charge in [-0.05, 0) is 13.5 Å². The summed E-state index contributed by atoms with van der Waals surface area (Å²) in [6.45, 7) is 4.24. The molecule has 0 fully saturated rings. The fourth-order valence-electron chi connectivity index (χ4n) is 2.56. The molecule has 0 bridgehead atoms. The van der Waals surface area contributed by atoms with Gasteiger partial charge in [-0.1, -0.05) is 13.3 Å². The van der Waals surface area contributed by atoms with E-state index in [0.717, 1.165) is 19.4 Å². The normalized spacial score (nSPS) is 18.1. The summed E-state index contributed by atoms with van der Waals surface area (Å²) in [5.74, 6) is -0.485. The van der Waals surface area contributed by atoms with Crippen LogP contribution in [0.15, 0.2) is 0 Å². The molecule has 2 heterocycles. The molecule has 1 aromatic rings. The average molecular weight is 291 g/mol. The summed E-state index contributed by atoms with van der Waals surface area (Å²) in [4.78, 5) is 2.13. The highest BCUT2D eigenvalue weighted by Gasteiger charge is 2.39. The standard InChI is InChI=1S/C12H20F3N5/c1-3-4-9(16-2)7-19-5-6-20-10(8-19)17-18-11(20)12(13,14)15/h9,16H,3-8H2,1-2H3. The summed E-state index contributed by atoms with van der Waals surface area (Å²) in [7, 11) is 1.91. The van der Waals surface area contributed by atoms with Gasteiger partial charge in [0.1, 0.15) is 5.82 Å². The molecule has 0 aromatic carbocycles. The van der Waals surface area contributed by atoms with Crippen molar-refractivity contribution < 1.29 is 13.2 Å². The third-order valence-electron chi connectivity index (χ3n) is 3.61. The van der Waals surface area contributed by atoms with Crippen molar-refractivity contribution in [2.75, 3.05) is 20.1 Å². The Bertz CT molecular complexity index is 443. The van der Waals surface area contributed by atoms with E-state index < -0.39 is 12.0 Å². The van der Waals surface area contributed by atoms with Crippen molar-refractivity contribution in [2.45, 2.75) is 45.1 Å². The molecule has 0 amide bonds. The first-order valence-electron chi connectivity index (χ1n) is 6.84. The Hall–Kier alpha value is -1.15. The van der Waals surface area contributed by atoms with E-state index in [1.54, 1.807) is 0 Å². The molecule has 1 aliphatic rings. The largest absolute Gasteiger partial charge is 0.451 e. The van der Waals surface area contributed by atoms with Gasteiger partial charge in [-0.25, -0.2) is 0 Å². The van der Waals surface area contributed by atoms with Crippen LogP contribution in [0.2, 0.25) is 0 Å². The molecule has 20 heavy (non-hydrogen) atoms. The van der Waals surface area contributed by atoms with Crippen molar-refractivity contribution in [3.8, 4) is 0 Å². The van der Waals surface area contributed by atoms with Crippen LogP contribution in [0.1, 0.15) is 31.4 Å². The molecular weight excluding hydrogens is 271 g/mol. The highest BCUT2D eigenvalue weighted by Crippen LogP contribution is 2.29. The van der Waals surface area contributed by atoms with E-state index in [2.05, 4.69) is 27.3 Å². The number of alkyl halides is 3. The number of halogens is 3. The zero-order valence-electron chi connectivity index (χ0n) is 11.7. The van der Waals surface area contributed by atoms with E-state index in [1.807, 2.05) is 7.05 Å². The average Bonchev–Trinajstić information content (AvgIpc) is 2.81. The Morgan fingerprint density at radius 1 is 1.30 bits per heavy atom. The molecule has 2 rings (SSSR count). The van der Waals surface area contributed by atoms with Gasteiger partial charge in [-0.2, -0.15) is 13.2 Å². The smallest absolute Gasteiger partial charge is 0.316 e. The molecule has 1 N–H and O–H groups in total. The van der Waals surface area contributed by atoms with Crippen LogP contribution in [0.5, 0.6) is 0 Å². The third kappa shape index (κ3) is 3.29. The van der Waals surface area contributed by atoms with Gasteiger partial charge < -0.3 is 9.88 Å². The maximum Gasteiger partial charge on any atom is 0.451 e. The maximum absolute atomic E-state index is 12.7. The Labute approximate surface area is 116 Å². The zero-order chi connectivity index (χ0) is 14.8. The summed E-state index contributed by atoms with van der Waals surface area (Å²) in [6, 6.07) is 0.358. The molecule has 114 valence electrons. The number of hydrogen-bond donors (Lipinski definition) is 1. The molecular formula is C12H20F3N5. The van der Waals surface area contributed by atoms with Gasteiger partial charge in [0.25, 0.3) is 0 Å². The fraction of sp³-hybridized carbons (Fsp3) is 0.833. The SMILES string of the molecule is CCCC(CN1CCn2c(nnc2C(F)(F)F)C1)NC. The maximum atomic E-state index is 12.7. The summed E-state index contributed by atoms with van der Waals surface area (Å²) < 4.78 is 39.4. The second-order valence-electron chi connectivity index (χ2n) is 5.10. The molecule has 1 unspecified atom stereocenters. The van der Waals surface area contributed by atoms with Crippen molar-refractivity contribution in [3.05, 3.63) is 11.6 Å². The van der Waals surface area contributed by atoms with Crippen molar-refractivity contribution in [1.29, 1.82) is 0 Å². The lowest BCUT2D eigenvalue weighted by Crippen LogP contribution is -2.43. The lowest BCUT2D eigenvalue weighted by atomic mass is 10.1. The first kappa shape index (κ1) is 15.2. The van der Waals surface area contributed by atoms with Crippen molar-refractivity contribution in [1.82, 2.24) is 25.0 Å². The number of fused-ring (bicyclic) bond motifs is 1. The topological polar surface area (TPSA) is 46.0 Å². The summed E-state index contributed by atoms with van der Waals surface area (Å²) >= 11 is 0. The predicted octanol–water partition coefficient (Wildman–Crippen LogP) is 1.50. The molecule has 5 nitrogen and oxygen atoms in total. The summed E-state index contributed by atoms with van der Waals surface area (Å²) in [5.41, 5.74) is 0. The molecule has 0 saturated carbocycles. The summed E-state index contributed by atoms with van der Waals surface area (Å²) in [6.07, 6.45) is -2.30. The molecule has 0 aliphatic carbocycles. The Morgan fingerprint density at radius 2 is 2.05 bits per heavy atom. The number of nitrogens with zero attached hydrogens (tertiary/aromatic N) is 4. The summed E-state index contributed by atoms with van der Waals surface area (Å²) in [5, 5.41) is 10.2. The minimum atomic E-state index is -4.43. The first-order valence-corrected chi connectivity index (χ1v) is 6.84. The van der Waals surface area contributed by atoms with Gasteiger partial charge in [-0.15, -0.1) is 10.2 Å². The Balaban J connectivity index is 2.03. The van der Waals surface area contributed by atoms with Crippen LogP contribution >= 0.6 is 0 Å². The molecule has 0 radical (unpaired) electrons. The van der Waals surface area contributed by atoms with E-state index in [-0.39, 0.29) is 0 Å². The fourth-order valence-corrected chi connectivity index (χ4v) is 2.56. The molecule has 1 atom stereocenters. The zero-order valence-corrected chi connectivity index (χ0v) is 11.7. The van der Waals surface area contributed by atoms with E-state index in [0.29, 0.717) is 31.5 Å². The lowest BCUT2D eigenvalue weighted by Gasteiger charge is -2.31. The number of nitrogens with one attached hydrogen (secondary N) is 1. The van der Waals surface area contributed by atoms with Gasteiger partial charge >= 0.3 is 6.18 Å². The second kappa shape index (κ2) is 6.09. The monoisotopic (exact) mass is 291 g/mol. The van der Waals surface area contributed by atoms with Gasteiger partial charge in [0, 0.05) is 25.7 Å². The van der Waals surface area contributed by atoms with Crippen LogP contribution in [0.4, 0.5) is 13.2 Å². The van der Waals surface area contributed by atoms with Gasteiger partial charge in [0.15, 0.2) is 0 Å². The molecule has 1 aromatic heterocycles. The van der Waals surface area contributed by atoms with E-state index in [9.17, 15) is 13.2 Å². The van der Waals surface area contributed by atoms with Crippen molar-refractivity contribution in [3.63, 3.8) is 0 Å². The van der Waals surface area contributed by atoms with Crippen LogP contribution in [-0.4, -0.2) is 45.8 Å². The predicted molar refractivity (Wildman–Crippen MR) is 68.1 cm³/mol. The van der Waals surface area contributed by atoms with Gasteiger partial charge in [0.2, 0.25) is 5.82 Å². The van der Waals surface area contributed by atoms with Crippen LogP contribution < -0.4 is 5.32 Å². The third-order valence-corrected chi connectivity index (χ3v) is 3.61. The van der Waals surface area contributed by atoms with Crippen molar-refractivity contribution >= 4 is 0 Å². The van der Waals surface area contributed by atoms with Crippen molar-refractivity contribution in [2.24, 2.45) is 0 Å². The van der Waals surface area contributed by atoms with Gasteiger partial charge in [-0.3, -0.25) is 4.90 Å². The highest BCUT2D eigenvalue weighted by molar-refractivity contribution is 5.02. The highest BCUT2D eigenvalue weighted by atomic mass is 19.4. The number of aromatic nitrogens is 3. The van der Waals surface area contributed by atoms with E-state index >= 15 is 0 Å². The number of hydrogen-bond acceptors (Lipinski definition) is 4. The number of rotatable bonds is 5. The minimum Gasteiger partial charge on any atom is -0.316 e. The minimum absolute atomic E-state index is 0.291. The van der Waals surface area contributed by atoms with Gasteiger partial charge in [0.05, 0.1) is 6.54 Å². The molecule has 0 saturated heterocycles. The first-order chi connectivity index (χ1) is 9.45. The van der Waals surface area contributed by atoms with Crippen LogP contribution in [-0.2, 0) is 19.3 Å².